The smallest absolute Gasteiger partial charge is 0.321 e. The predicted octanol–water partition coefficient (Wildman–Crippen LogP) is 3.50. The van der Waals surface area contributed by atoms with E-state index in [1.807, 2.05) is 60.7 Å². The summed E-state index contributed by atoms with van der Waals surface area (Å²) in [5.41, 5.74) is 2.91. The lowest BCUT2D eigenvalue weighted by atomic mass is 10.1. The molecule has 7 heteroatoms. The van der Waals surface area contributed by atoms with Crippen LogP contribution in [0.3, 0.4) is 0 Å². The highest BCUT2D eigenvalue weighted by atomic mass is 16.2. The quantitative estimate of drug-likeness (QED) is 0.638. The number of hydrogen-bond acceptors (Lipinski definition) is 3. The molecule has 2 aromatic carbocycles. The molecule has 4 rings (SSSR count). The Hall–Kier alpha value is -3.61. The van der Waals surface area contributed by atoms with Crippen molar-refractivity contribution in [1.29, 1.82) is 0 Å². The molecule has 148 valence electrons. The van der Waals surface area contributed by atoms with E-state index in [9.17, 15) is 9.59 Å². The first-order valence-corrected chi connectivity index (χ1v) is 9.72. The minimum Gasteiger partial charge on any atom is -0.348 e. The number of benzene rings is 2. The number of nitrogens with one attached hydrogen (secondary N) is 3. The van der Waals surface area contributed by atoms with E-state index in [0.717, 1.165) is 16.9 Å². The van der Waals surface area contributed by atoms with Crippen LogP contribution in [0.1, 0.15) is 23.3 Å². The van der Waals surface area contributed by atoms with E-state index in [1.165, 1.54) is 0 Å². The average Bonchev–Trinajstić information content (AvgIpc) is 3.26. The van der Waals surface area contributed by atoms with Crippen LogP contribution in [-0.4, -0.2) is 46.2 Å². The lowest BCUT2D eigenvalue weighted by Crippen LogP contribution is -2.47. The van der Waals surface area contributed by atoms with E-state index in [-0.39, 0.29) is 18.0 Å². The van der Waals surface area contributed by atoms with Gasteiger partial charge in [0.05, 0.1) is 5.69 Å². The molecular formula is C22H23N5O2. The van der Waals surface area contributed by atoms with Crippen molar-refractivity contribution in [3.05, 3.63) is 72.4 Å². The lowest BCUT2D eigenvalue weighted by molar-refractivity contribution is 0.0914. The number of anilines is 1. The minimum atomic E-state index is -0.174. The van der Waals surface area contributed by atoms with Crippen LogP contribution in [-0.2, 0) is 0 Å². The van der Waals surface area contributed by atoms with Gasteiger partial charge in [-0.25, -0.2) is 4.79 Å². The fourth-order valence-electron chi connectivity index (χ4n) is 3.41. The third kappa shape index (κ3) is 4.63. The van der Waals surface area contributed by atoms with Crippen molar-refractivity contribution in [2.75, 3.05) is 18.4 Å². The predicted molar refractivity (Wildman–Crippen MR) is 112 cm³/mol. The summed E-state index contributed by atoms with van der Waals surface area (Å²) in [6.45, 7) is 1.20. The van der Waals surface area contributed by atoms with E-state index in [4.69, 9.17) is 0 Å². The van der Waals surface area contributed by atoms with Gasteiger partial charge < -0.3 is 15.5 Å². The molecule has 1 aliphatic rings. The van der Waals surface area contributed by atoms with Crippen LogP contribution in [0.2, 0.25) is 0 Å². The molecule has 0 aliphatic carbocycles. The second kappa shape index (κ2) is 8.60. The number of hydrogen-bond donors (Lipinski definition) is 3. The van der Waals surface area contributed by atoms with Crippen LogP contribution in [0.15, 0.2) is 66.7 Å². The van der Waals surface area contributed by atoms with Crippen molar-refractivity contribution in [2.45, 2.75) is 18.9 Å². The number of aromatic nitrogens is 2. The molecule has 3 N–H and O–H groups in total. The van der Waals surface area contributed by atoms with Gasteiger partial charge in [0, 0.05) is 30.4 Å². The van der Waals surface area contributed by atoms with Gasteiger partial charge in [0.2, 0.25) is 0 Å². The third-order valence-electron chi connectivity index (χ3n) is 5.03. The molecule has 0 radical (unpaired) electrons. The molecule has 0 spiro atoms. The standard InChI is InChI=1S/C22H23N5O2/c28-21(20-15-19(25-26-20)16-7-3-1-4-8-16)23-18-11-13-27(14-12-18)22(29)24-17-9-5-2-6-10-17/h1-10,15,18H,11-14H2,(H,23,28)(H,24,29)(H,25,26). The second-order valence-electron chi connectivity index (χ2n) is 7.06. The van der Waals surface area contributed by atoms with Crippen LogP contribution in [0.25, 0.3) is 11.3 Å². The summed E-state index contributed by atoms with van der Waals surface area (Å²) in [7, 11) is 0. The molecule has 1 saturated heterocycles. The number of rotatable bonds is 4. The summed E-state index contributed by atoms with van der Waals surface area (Å²) in [4.78, 5) is 26.7. The monoisotopic (exact) mass is 389 g/mol. The van der Waals surface area contributed by atoms with E-state index in [2.05, 4.69) is 20.8 Å². The number of likely N-dealkylation sites (tertiary alicyclic amines) is 1. The van der Waals surface area contributed by atoms with Gasteiger partial charge in [-0.15, -0.1) is 0 Å². The Bertz CT molecular complexity index is 963. The summed E-state index contributed by atoms with van der Waals surface area (Å²) in [5, 5.41) is 13.0. The Balaban J connectivity index is 1.28. The fourth-order valence-corrected chi connectivity index (χ4v) is 3.41. The molecule has 1 aliphatic heterocycles. The Labute approximate surface area is 169 Å². The van der Waals surface area contributed by atoms with Crippen molar-refractivity contribution < 1.29 is 9.59 Å². The van der Waals surface area contributed by atoms with Crippen LogP contribution in [0, 0.1) is 0 Å². The fraction of sp³-hybridized carbons (Fsp3) is 0.227. The molecule has 29 heavy (non-hydrogen) atoms. The summed E-state index contributed by atoms with van der Waals surface area (Å²) in [5.74, 6) is -0.174. The van der Waals surface area contributed by atoms with Gasteiger partial charge in [0.1, 0.15) is 5.69 Å². The van der Waals surface area contributed by atoms with Gasteiger partial charge in [-0.2, -0.15) is 5.10 Å². The van der Waals surface area contributed by atoms with Gasteiger partial charge in [0.15, 0.2) is 0 Å². The van der Waals surface area contributed by atoms with Crippen LogP contribution < -0.4 is 10.6 Å². The van der Waals surface area contributed by atoms with E-state index in [0.29, 0.717) is 31.6 Å². The van der Waals surface area contributed by atoms with Gasteiger partial charge in [-0.05, 0) is 31.0 Å². The molecular weight excluding hydrogens is 366 g/mol. The van der Waals surface area contributed by atoms with Crippen LogP contribution in [0.4, 0.5) is 10.5 Å². The first-order chi connectivity index (χ1) is 14.2. The third-order valence-corrected chi connectivity index (χ3v) is 5.03. The number of piperidine rings is 1. The lowest BCUT2D eigenvalue weighted by Gasteiger charge is -2.32. The summed E-state index contributed by atoms with van der Waals surface area (Å²) in [6, 6.07) is 20.8. The van der Waals surface area contributed by atoms with Gasteiger partial charge in [-0.1, -0.05) is 48.5 Å². The first-order valence-electron chi connectivity index (χ1n) is 9.72. The van der Waals surface area contributed by atoms with E-state index in [1.54, 1.807) is 11.0 Å². The number of para-hydroxylation sites is 1. The highest BCUT2D eigenvalue weighted by Gasteiger charge is 2.24. The van der Waals surface area contributed by atoms with Crippen molar-refractivity contribution in [2.24, 2.45) is 0 Å². The number of nitrogens with zero attached hydrogens (tertiary/aromatic N) is 2. The van der Waals surface area contributed by atoms with Crippen molar-refractivity contribution in [3.63, 3.8) is 0 Å². The van der Waals surface area contributed by atoms with E-state index < -0.39 is 0 Å². The molecule has 1 aromatic heterocycles. The van der Waals surface area contributed by atoms with Crippen molar-refractivity contribution in [1.82, 2.24) is 20.4 Å². The van der Waals surface area contributed by atoms with Crippen molar-refractivity contribution >= 4 is 17.6 Å². The zero-order chi connectivity index (χ0) is 20.1. The van der Waals surface area contributed by atoms with E-state index >= 15 is 0 Å². The Morgan fingerprint density at radius 2 is 1.62 bits per heavy atom. The highest BCUT2D eigenvalue weighted by molar-refractivity contribution is 5.93. The van der Waals surface area contributed by atoms with Gasteiger partial charge >= 0.3 is 6.03 Å². The Morgan fingerprint density at radius 3 is 2.31 bits per heavy atom. The number of carbonyl (C=O) groups excluding carboxylic acids is 2. The minimum absolute atomic E-state index is 0.0340. The normalized spacial score (nSPS) is 14.4. The molecule has 2 heterocycles. The highest BCUT2D eigenvalue weighted by Crippen LogP contribution is 2.18. The second-order valence-corrected chi connectivity index (χ2v) is 7.06. The maximum absolute atomic E-state index is 12.5. The zero-order valence-electron chi connectivity index (χ0n) is 16.0. The molecule has 0 unspecified atom stereocenters. The number of H-pyrrole nitrogens is 1. The molecule has 0 atom stereocenters. The largest absolute Gasteiger partial charge is 0.348 e. The van der Waals surface area contributed by atoms with Crippen molar-refractivity contribution in [3.8, 4) is 11.3 Å². The molecule has 3 amide bonds. The average molecular weight is 389 g/mol. The summed E-state index contributed by atoms with van der Waals surface area (Å²) >= 11 is 0. The number of aromatic amines is 1. The topological polar surface area (TPSA) is 90.1 Å². The molecule has 7 nitrogen and oxygen atoms in total. The summed E-state index contributed by atoms with van der Waals surface area (Å²) < 4.78 is 0. The maximum atomic E-state index is 12.5. The molecule has 0 saturated carbocycles. The SMILES string of the molecule is O=C(NC1CCN(C(=O)Nc2ccccc2)CC1)c1cc(-c2ccccc2)n[nH]1. The molecule has 1 fully saturated rings. The maximum Gasteiger partial charge on any atom is 0.321 e. The number of amides is 3. The summed E-state index contributed by atoms with van der Waals surface area (Å²) in [6.07, 6.45) is 1.43. The van der Waals surface area contributed by atoms with Gasteiger partial charge in [0.25, 0.3) is 5.91 Å². The zero-order valence-corrected chi connectivity index (χ0v) is 16.0. The van der Waals surface area contributed by atoms with Crippen LogP contribution >= 0.6 is 0 Å². The number of carbonyl (C=O) groups is 2. The Kier molecular flexibility index (Phi) is 5.56. The molecule has 3 aromatic rings. The Morgan fingerprint density at radius 1 is 0.966 bits per heavy atom. The number of urea groups is 1. The first kappa shape index (κ1) is 18.7. The molecule has 0 bridgehead atoms. The van der Waals surface area contributed by atoms with Gasteiger partial charge in [-0.3, -0.25) is 9.89 Å². The van der Waals surface area contributed by atoms with Crippen LogP contribution in [0.5, 0.6) is 0 Å².